The van der Waals surface area contributed by atoms with Crippen LogP contribution in [0.4, 0.5) is 5.69 Å². The van der Waals surface area contributed by atoms with E-state index in [0.717, 1.165) is 24.3 Å². The summed E-state index contributed by atoms with van der Waals surface area (Å²) < 4.78 is 3.33. The number of anilines is 1. The van der Waals surface area contributed by atoms with E-state index in [1.54, 1.807) is 9.36 Å². The van der Waals surface area contributed by atoms with Crippen LogP contribution in [-0.4, -0.2) is 33.8 Å². The van der Waals surface area contributed by atoms with E-state index in [-0.39, 0.29) is 11.5 Å². The van der Waals surface area contributed by atoms with Gasteiger partial charge in [-0.3, -0.25) is 14.3 Å². The van der Waals surface area contributed by atoms with Gasteiger partial charge in [-0.25, -0.2) is 4.68 Å². The number of hydrogen-bond acceptors (Lipinski definition) is 3. The summed E-state index contributed by atoms with van der Waals surface area (Å²) in [5.41, 5.74) is 4.15. The first-order valence-corrected chi connectivity index (χ1v) is 10.3. The molecule has 1 N–H and O–H groups in total. The highest BCUT2D eigenvalue weighted by Crippen LogP contribution is 2.14. The molecule has 1 aromatic heterocycles. The maximum absolute atomic E-state index is 12.9. The van der Waals surface area contributed by atoms with Gasteiger partial charge < -0.3 is 10.2 Å². The molecule has 0 spiro atoms. The quantitative estimate of drug-likeness (QED) is 0.623. The summed E-state index contributed by atoms with van der Waals surface area (Å²) in [6.45, 7) is 5.37. The number of hydrogen-bond donors (Lipinski definition) is 1. The van der Waals surface area contributed by atoms with Gasteiger partial charge in [0.1, 0.15) is 5.69 Å². The molecule has 3 aromatic rings. The third kappa shape index (κ3) is 4.89. The van der Waals surface area contributed by atoms with Crippen LogP contribution in [0.25, 0.3) is 5.69 Å². The minimum absolute atomic E-state index is 0.158. The molecule has 6 heteroatoms. The molecular formula is C24H30N4O2. The zero-order valence-corrected chi connectivity index (χ0v) is 18.2. The number of aromatic nitrogens is 2. The van der Waals surface area contributed by atoms with E-state index in [0.29, 0.717) is 18.7 Å². The van der Waals surface area contributed by atoms with Crippen molar-refractivity contribution < 1.29 is 4.79 Å². The molecule has 2 aromatic carbocycles. The molecule has 158 valence electrons. The molecule has 0 unspecified atom stereocenters. The fourth-order valence-corrected chi connectivity index (χ4v) is 3.48. The van der Waals surface area contributed by atoms with Crippen molar-refractivity contribution in [1.29, 1.82) is 0 Å². The van der Waals surface area contributed by atoms with Gasteiger partial charge >= 0.3 is 0 Å². The number of carbonyl (C=O) groups is 1. The Balaban J connectivity index is 1.61. The molecule has 0 saturated carbocycles. The second-order valence-electron chi connectivity index (χ2n) is 7.64. The van der Waals surface area contributed by atoms with Gasteiger partial charge in [-0.2, -0.15) is 0 Å². The number of nitrogens with zero attached hydrogens (tertiary/aromatic N) is 3. The molecule has 0 aliphatic heterocycles. The summed E-state index contributed by atoms with van der Waals surface area (Å²) in [6.07, 6.45) is 1.35. The van der Waals surface area contributed by atoms with Crippen LogP contribution in [0, 0.1) is 6.92 Å². The van der Waals surface area contributed by atoms with Crippen molar-refractivity contribution in [3.05, 3.63) is 81.8 Å². The Morgan fingerprint density at radius 1 is 1.03 bits per heavy atom. The Morgan fingerprint density at radius 3 is 2.30 bits per heavy atom. The summed E-state index contributed by atoms with van der Waals surface area (Å²) >= 11 is 0. The molecule has 0 saturated heterocycles. The first-order chi connectivity index (χ1) is 14.4. The first-order valence-electron chi connectivity index (χ1n) is 10.3. The average Bonchev–Trinajstić information content (AvgIpc) is 2.96. The summed E-state index contributed by atoms with van der Waals surface area (Å²) in [7, 11) is 3.81. The summed E-state index contributed by atoms with van der Waals surface area (Å²) in [5.74, 6) is -0.158. The minimum Gasteiger partial charge on any atom is -0.320 e. The van der Waals surface area contributed by atoms with Crippen LogP contribution in [0.15, 0.2) is 59.4 Å². The molecule has 0 fully saturated rings. The molecule has 0 atom stereocenters. The second-order valence-corrected chi connectivity index (χ2v) is 7.64. The summed E-state index contributed by atoms with van der Waals surface area (Å²) in [5, 5.41) is 2.82. The minimum atomic E-state index is -0.223. The van der Waals surface area contributed by atoms with E-state index in [1.165, 1.54) is 11.1 Å². The van der Waals surface area contributed by atoms with Crippen LogP contribution in [0.5, 0.6) is 0 Å². The van der Waals surface area contributed by atoms with Crippen molar-refractivity contribution in [1.82, 2.24) is 14.3 Å². The fraction of sp³-hybridized carbons (Fsp3) is 0.333. The number of benzene rings is 2. The van der Waals surface area contributed by atoms with Gasteiger partial charge in [0, 0.05) is 26.6 Å². The molecule has 6 nitrogen and oxygen atoms in total. The van der Waals surface area contributed by atoms with Gasteiger partial charge in [0.15, 0.2) is 0 Å². The van der Waals surface area contributed by atoms with Crippen LogP contribution in [-0.2, 0) is 24.8 Å². The standard InChI is InChI=1S/C24H30N4O2/c1-5-19-11-13-20(14-12-19)17-26(3)16-15-22(29)25-23-18(2)27(4)28(24(23)30)21-9-7-6-8-10-21/h6-14H,5,15-17H2,1-4H3,(H,25,29). The van der Waals surface area contributed by atoms with Crippen molar-refractivity contribution in [3.8, 4) is 5.69 Å². The Bertz CT molecular complexity index is 1050. The molecular weight excluding hydrogens is 376 g/mol. The van der Waals surface area contributed by atoms with Crippen molar-refractivity contribution >= 4 is 11.6 Å². The Labute approximate surface area is 177 Å². The number of carbonyl (C=O) groups excluding carboxylic acids is 1. The van der Waals surface area contributed by atoms with Crippen LogP contribution >= 0.6 is 0 Å². The maximum Gasteiger partial charge on any atom is 0.295 e. The number of nitrogens with one attached hydrogen (secondary N) is 1. The fourth-order valence-electron chi connectivity index (χ4n) is 3.48. The van der Waals surface area contributed by atoms with E-state index in [4.69, 9.17) is 0 Å². The Morgan fingerprint density at radius 2 is 1.67 bits per heavy atom. The number of amides is 1. The van der Waals surface area contributed by atoms with Crippen LogP contribution < -0.4 is 10.9 Å². The van der Waals surface area contributed by atoms with Gasteiger partial charge in [-0.1, -0.05) is 49.4 Å². The van der Waals surface area contributed by atoms with Gasteiger partial charge in [0.05, 0.1) is 11.4 Å². The van der Waals surface area contributed by atoms with Crippen molar-refractivity contribution in [2.45, 2.75) is 33.2 Å². The maximum atomic E-state index is 12.9. The average molecular weight is 407 g/mol. The third-order valence-electron chi connectivity index (χ3n) is 5.42. The van der Waals surface area contributed by atoms with Crippen molar-refractivity contribution in [2.75, 3.05) is 18.9 Å². The largest absolute Gasteiger partial charge is 0.320 e. The zero-order chi connectivity index (χ0) is 21.7. The molecule has 0 bridgehead atoms. The first kappa shape index (κ1) is 21.6. The Kier molecular flexibility index (Phi) is 6.90. The number of para-hydroxylation sites is 1. The zero-order valence-electron chi connectivity index (χ0n) is 18.2. The van der Waals surface area contributed by atoms with Gasteiger partial charge in [-0.15, -0.1) is 0 Å². The summed E-state index contributed by atoms with van der Waals surface area (Å²) in [4.78, 5) is 27.5. The van der Waals surface area contributed by atoms with E-state index in [9.17, 15) is 9.59 Å². The van der Waals surface area contributed by atoms with Crippen molar-refractivity contribution in [2.24, 2.45) is 7.05 Å². The molecule has 0 aliphatic carbocycles. The topological polar surface area (TPSA) is 59.3 Å². The molecule has 3 rings (SSSR count). The van der Waals surface area contributed by atoms with E-state index in [1.807, 2.05) is 51.4 Å². The number of aryl methyl sites for hydroxylation is 1. The van der Waals surface area contributed by atoms with Crippen molar-refractivity contribution in [3.63, 3.8) is 0 Å². The lowest BCUT2D eigenvalue weighted by atomic mass is 10.1. The highest BCUT2D eigenvalue weighted by Gasteiger charge is 2.18. The monoisotopic (exact) mass is 406 g/mol. The van der Waals surface area contributed by atoms with E-state index < -0.39 is 0 Å². The summed E-state index contributed by atoms with van der Waals surface area (Å²) in [6, 6.07) is 18.0. The smallest absolute Gasteiger partial charge is 0.295 e. The van der Waals surface area contributed by atoms with Crippen LogP contribution in [0.1, 0.15) is 30.2 Å². The third-order valence-corrected chi connectivity index (χ3v) is 5.42. The lowest BCUT2D eigenvalue weighted by molar-refractivity contribution is -0.116. The SMILES string of the molecule is CCc1ccc(CN(C)CCC(=O)Nc2c(C)n(C)n(-c3ccccc3)c2=O)cc1. The van der Waals surface area contributed by atoms with Gasteiger partial charge in [-0.05, 0) is 43.7 Å². The molecule has 1 amide bonds. The second kappa shape index (κ2) is 9.59. The predicted molar refractivity (Wildman–Crippen MR) is 121 cm³/mol. The van der Waals surface area contributed by atoms with Gasteiger partial charge in [0.2, 0.25) is 5.91 Å². The van der Waals surface area contributed by atoms with E-state index in [2.05, 4.69) is 41.4 Å². The lowest BCUT2D eigenvalue weighted by Crippen LogP contribution is -2.26. The normalized spacial score (nSPS) is 11.1. The highest BCUT2D eigenvalue weighted by atomic mass is 16.2. The highest BCUT2D eigenvalue weighted by molar-refractivity contribution is 5.91. The van der Waals surface area contributed by atoms with Crippen LogP contribution in [0.2, 0.25) is 0 Å². The number of rotatable bonds is 8. The molecule has 0 aliphatic rings. The molecule has 0 radical (unpaired) electrons. The predicted octanol–water partition coefficient (Wildman–Crippen LogP) is 3.51. The molecule has 30 heavy (non-hydrogen) atoms. The van der Waals surface area contributed by atoms with Crippen LogP contribution in [0.3, 0.4) is 0 Å². The molecule has 1 heterocycles. The Hall–Kier alpha value is -3.12. The lowest BCUT2D eigenvalue weighted by Gasteiger charge is -2.16. The van der Waals surface area contributed by atoms with E-state index >= 15 is 0 Å². The van der Waals surface area contributed by atoms with Gasteiger partial charge in [0.25, 0.3) is 5.56 Å².